The van der Waals surface area contributed by atoms with Crippen LogP contribution in [0.4, 0.5) is 0 Å². The normalized spacial score (nSPS) is 23.6. The first-order chi connectivity index (χ1) is 9.18. The highest BCUT2D eigenvalue weighted by Crippen LogP contribution is 2.19. The van der Waals surface area contributed by atoms with Crippen molar-refractivity contribution in [3.05, 3.63) is 0 Å². The van der Waals surface area contributed by atoms with Crippen molar-refractivity contribution >= 4 is 25.8 Å². The highest BCUT2D eigenvalue weighted by Gasteiger charge is 2.38. The Kier molecular flexibility index (Phi) is 5.92. The Morgan fingerprint density at radius 2 is 2.10 bits per heavy atom. The van der Waals surface area contributed by atoms with Crippen molar-refractivity contribution < 1.29 is 31.5 Å². The summed E-state index contributed by atoms with van der Waals surface area (Å²) < 4.78 is 53.3. The van der Waals surface area contributed by atoms with Crippen molar-refractivity contribution in [2.24, 2.45) is 0 Å². The largest absolute Gasteiger partial charge is 0.481 e. The van der Waals surface area contributed by atoms with Crippen molar-refractivity contribution in [2.75, 3.05) is 37.0 Å². The SMILES string of the molecule is CCOCCS(=O)(=O)N1CCS(=O)(=O)CC1CC(=O)O. The number of carboxylic acids is 1. The summed E-state index contributed by atoms with van der Waals surface area (Å²) in [5, 5.41) is 8.79. The van der Waals surface area contributed by atoms with Crippen LogP contribution in [0.1, 0.15) is 13.3 Å². The Labute approximate surface area is 118 Å². The fourth-order valence-electron chi connectivity index (χ4n) is 2.03. The number of sulfone groups is 1. The lowest BCUT2D eigenvalue weighted by atomic mass is 10.2. The van der Waals surface area contributed by atoms with E-state index in [2.05, 4.69) is 0 Å². The molecule has 20 heavy (non-hydrogen) atoms. The van der Waals surface area contributed by atoms with Crippen LogP contribution in [0.25, 0.3) is 0 Å². The average molecular weight is 329 g/mol. The highest BCUT2D eigenvalue weighted by atomic mass is 32.2. The van der Waals surface area contributed by atoms with Gasteiger partial charge in [0.15, 0.2) is 9.84 Å². The lowest BCUT2D eigenvalue weighted by Gasteiger charge is -2.33. The zero-order valence-electron chi connectivity index (χ0n) is 11.2. The van der Waals surface area contributed by atoms with E-state index >= 15 is 0 Å². The molecule has 1 aliphatic heterocycles. The van der Waals surface area contributed by atoms with Crippen LogP contribution in [-0.4, -0.2) is 75.3 Å². The third-order valence-electron chi connectivity index (χ3n) is 2.93. The maximum atomic E-state index is 12.1. The second kappa shape index (κ2) is 6.83. The molecular weight excluding hydrogens is 310 g/mol. The van der Waals surface area contributed by atoms with Gasteiger partial charge in [-0.25, -0.2) is 16.8 Å². The molecule has 0 aromatic carbocycles. The quantitative estimate of drug-likeness (QED) is 0.591. The first-order valence-electron chi connectivity index (χ1n) is 6.17. The third kappa shape index (κ3) is 5.00. The summed E-state index contributed by atoms with van der Waals surface area (Å²) in [7, 11) is -7.12. The molecule has 0 bridgehead atoms. The second-order valence-electron chi connectivity index (χ2n) is 4.49. The van der Waals surface area contributed by atoms with Crippen LogP contribution in [0, 0.1) is 0 Å². The van der Waals surface area contributed by atoms with Crippen molar-refractivity contribution in [2.45, 2.75) is 19.4 Å². The number of hydrogen-bond acceptors (Lipinski definition) is 6. The van der Waals surface area contributed by atoms with Gasteiger partial charge < -0.3 is 9.84 Å². The van der Waals surface area contributed by atoms with Gasteiger partial charge in [-0.05, 0) is 6.92 Å². The zero-order valence-corrected chi connectivity index (χ0v) is 12.8. The van der Waals surface area contributed by atoms with E-state index in [-0.39, 0.29) is 24.7 Å². The van der Waals surface area contributed by atoms with Crippen LogP contribution in [-0.2, 0) is 29.4 Å². The first kappa shape index (κ1) is 17.3. The van der Waals surface area contributed by atoms with Crippen molar-refractivity contribution in [1.82, 2.24) is 4.31 Å². The fourth-order valence-corrected chi connectivity index (χ4v) is 5.30. The molecule has 1 fully saturated rings. The van der Waals surface area contributed by atoms with E-state index < -0.39 is 44.0 Å². The third-order valence-corrected chi connectivity index (χ3v) is 6.51. The maximum Gasteiger partial charge on any atom is 0.305 e. The van der Waals surface area contributed by atoms with Gasteiger partial charge in [-0.15, -0.1) is 0 Å². The standard InChI is InChI=1S/C10H19NO7S2/c1-2-18-4-6-20(16,17)11-3-5-19(14,15)8-9(11)7-10(12)13/h9H,2-8H2,1H3,(H,12,13). The molecule has 1 rings (SSSR count). The van der Waals surface area contributed by atoms with Crippen molar-refractivity contribution in [3.63, 3.8) is 0 Å². The smallest absolute Gasteiger partial charge is 0.305 e. The van der Waals surface area contributed by atoms with Crippen LogP contribution < -0.4 is 0 Å². The molecule has 8 nitrogen and oxygen atoms in total. The molecule has 1 atom stereocenters. The molecule has 0 radical (unpaired) electrons. The van der Waals surface area contributed by atoms with Crippen molar-refractivity contribution in [3.8, 4) is 0 Å². The van der Waals surface area contributed by atoms with Gasteiger partial charge in [0.1, 0.15) is 0 Å². The number of sulfonamides is 1. The predicted molar refractivity (Wildman–Crippen MR) is 71.7 cm³/mol. The molecule has 1 unspecified atom stereocenters. The van der Waals surface area contributed by atoms with Gasteiger partial charge in [0, 0.05) is 19.2 Å². The molecular formula is C10H19NO7S2. The summed E-state index contributed by atoms with van der Waals surface area (Å²) in [5.41, 5.74) is 0. The number of rotatable bonds is 7. The molecule has 0 saturated carbocycles. The number of ether oxygens (including phenoxy) is 1. The van der Waals surface area contributed by atoms with E-state index in [1.54, 1.807) is 6.92 Å². The summed E-state index contributed by atoms with van der Waals surface area (Å²) in [6.07, 6.45) is -0.521. The number of hydrogen-bond donors (Lipinski definition) is 1. The molecule has 0 spiro atoms. The van der Waals surface area contributed by atoms with Gasteiger partial charge in [-0.1, -0.05) is 0 Å². The molecule has 0 aromatic rings. The lowest BCUT2D eigenvalue weighted by Crippen LogP contribution is -2.52. The van der Waals surface area contributed by atoms with E-state index in [4.69, 9.17) is 9.84 Å². The topological polar surface area (TPSA) is 118 Å². The number of nitrogens with zero attached hydrogens (tertiary/aromatic N) is 1. The predicted octanol–water partition coefficient (Wildman–Crippen LogP) is -1.07. The minimum atomic E-state index is -3.72. The van der Waals surface area contributed by atoms with E-state index in [9.17, 15) is 21.6 Å². The zero-order chi connectivity index (χ0) is 15.4. The molecule has 0 amide bonds. The summed E-state index contributed by atoms with van der Waals surface area (Å²) in [6.45, 7) is 1.91. The molecule has 0 aliphatic carbocycles. The second-order valence-corrected chi connectivity index (χ2v) is 8.76. The van der Waals surface area contributed by atoms with Crippen LogP contribution in [0.5, 0.6) is 0 Å². The molecule has 1 heterocycles. The van der Waals surface area contributed by atoms with Gasteiger partial charge in [0.05, 0.1) is 30.3 Å². The Hall–Kier alpha value is -0.710. The van der Waals surface area contributed by atoms with Crippen LogP contribution in [0.2, 0.25) is 0 Å². The number of aliphatic carboxylic acids is 1. The van der Waals surface area contributed by atoms with Gasteiger partial charge in [-0.3, -0.25) is 4.79 Å². The van der Waals surface area contributed by atoms with E-state index in [1.165, 1.54) is 0 Å². The molecule has 0 aromatic heterocycles. The first-order valence-corrected chi connectivity index (χ1v) is 9.60. The fraction of sp³-hybridized carbons (Fsp3) is 0.900. The van der Waals surface area contributed by atoms with Gasteiger partial charge in [-0.2, -0.15) is 4.31 Å². The van der Waals surface area contributed by atoms with Gasteiger partial charge in [0.2, 0.25) is 10.0 Å². The molecule has 118 valence electrons. The summed E-state index contributed by atoms with van der Waals surface area (Å²) in [6, 6.07) is -1.04. The highest BCUT2D eigenvalue weighted by molar-refractivity contribution is 7.92. The summed E-state index contributed by atoms with van der Waals surface area (Å²) in [5.74, 6) is -2.24. The van der Waals surface area contributed by atoms with Crippen LogP contribution in [0.15, 0.2) is 0 Å². The molecule has 1 N–H and O–H groups in total. The Morgan fingerprint density at radius 3 is 2.65 bits per heavy atom. The lowest BCUT2D eigenvalue weighted by molar-refractivity contribution is -0.137. The van der Waals surface area contributed by atoms with E-state index in [1.807, 2.05) is 0 Å². The van der Waals surface area contributed by atoms with Gasteiger partial charge >= 0.3 is 5.97 Å². The van der Waals surface area contributed by atoms with Crippen LogP contribution >= 0.6 is 0 Å². The summed E-state index contributed by atoms with van der Waals surface area (Å²) in [4.78, 5) is 10.8. The molecule has 1 aliphatic rings. The van der Waals surface area contributed by atoms with E-state index in [0.717, 1.165) is 4.31 Å². The van der Waals surface area contributed by atoms with Crippen molar-refractivity contribution in [1.29, 1.82) is 0 Å². The monoisotopic (exact) mass is 329 g/mol. The molecule has 1 saturated heterocycles. The maximum absolute atomic E-state index is 12.1. The summed E-state index contributed by atoms with van der Waals surface area (Å²) >= 11 is 0. The Balaban J connectivity index is 2.86. The number of carboxylic acid groups (broad SMARTS) is 1. The average Bonchev–Trinajstić information content (AvgIpc) is 2.26. The van der Waals surface area contributed by atoms with Gasteiger partial charge in [0.25, 0.3) is 0 Å². The minimum absolute atomic E-state index is 0.00186. The molecule has 10 heteroatoms. The van der Waals surface area contributed by atoms with E-state index in [0.29, 0.717) is 6.61 Å². The Morgan fingerprint density at radius 1 is 1.45 bits per heavy atom. The minimum Gasteiger partial charge on any atom is -0.481 e. The Bertz CT molecular complexity index is 540. The number of carbonyl (C=O) groups is 1. The van der Waals surface area contributed by atoms with Crippen LogP contribution in [0.3, 0.4) is 0 Å².